The lowest BCUT2D eigenvalue weighted by atomic mass is 9.77. The Morgan fingerprint density at radius 2 is 1.82 bits per heavy atom. The van der Waals surface area contributed by atoms with Crippen LogP contribution in [-0.2, 0) is 9.59 Å². The van der Waals surface area contributed by atoms with Crippen molar-refractivity contribution in [3.8, 4) is 17.2 Å². The second kappa shape index (κ2) is 13.6. The first-order valence-electron chi connectivity index (χ1n) is 14.4. The van der Waals surface area contributed by atoms with E-state index in [1.54, 1.807) is 7.11 Å². The van der Waals surface area contributed by atoms with Crippen molar-refractivity contribution in [2.75, 3.05) is 40.1 Å². The summed E-state index contributed by atoms with van der Waals surface area (Å²) < 4.78 is 16.8. The molecule has 1 saturated heterocycles. The minimum atomic E-state index is -0.849. The van der Waals surface area contributed by atoms with Crippen LogP contribution in [0.25, 0.3) is 0 Å². The molecular formula is C31H48N2O6. The van der Waals surface area contributed by atoms with Gasteiger partial charge in [-0.2, -0.15) is 0 Å². The number of methoxy groups -OCH3 is 1. The molecule has 39 heavy (non-hydrogen) atoms. The van der Waals surface area contributed by atoms with Crippen molar-refractivity contribution < 1.29 is 28.9 Å². The van der Waals surface area contributed by atoms with E-state index in [0.717, 1.165) is 44.3 Å². The lowest BCUT2D eigenvalue weighted by molar-refractivity contribution is -0.144. The van der Waals surface area contributed by atoms with Gasteiger partial charge in [0.25, 0.3) is 0 Å². The van der Waals surface area contributed by atoms with Gasteiger partial charge in [0, 0.05) is 31.6 Å². The van der Waals surface area contributed by atoms with Crippen LogP contribution in [0, 0.1) is 11.3 Å². The highest BCUT2D eigenvalue weighted by molar-refractivity contribution is 5.79. The maximum absolute atomic E-state index is 13.6. The van der Waals surface area contributed by atoms with Gasteiger partial charge in [-0.15, -0.1) is 0 Å². The molecular weight excluding hydrogens is 496 g/mol. The number of benzene rings is 1. The molecule has 3 atom stereocenters. The number of carboxylic acid groups (broad SMARTS) is 1. The fraction of sp³-hybridized carbons (Fsp3) is 0.677. The summed E-state index contributed by atoms with van der Waals surface area (Å²) in [5.41, 5.74) is 1.79. The molecule has 0 radical (unpaired) electrons. The number of carbonyl (C=O) groups excluding carboxylic acids is 1. The van der Waals surface area contributed by atoms with Gasteiger partial charge in [-0.3, -0.25) is 14.5 Å². The smallest absolute Gasteiger partial charge is 0.308 e. The van der Waals surface area contributed by atoms with E-state index < -0.39 is 11.9 Å². The van der Waals surface area contributed by atoms with Crippen LogP contribution in [0.1, 0.15) is 85.1 Å². The van der Waals surface area contributed by atoms with E-state index in [0.29, 0.717) is 30.2 Å². The lowest BCUT2D eigenvalue weighted by Crippen LogP contribution is -2.45. The lowest BCUT2D eigenvalue weighted by Gasteiger charge is -2.34. The van der Waals surface area contributed by atoms with Crippen LogP contribution in [0.4, 0.5) is 0 Å². The first-order valence-corrected chi connectivity index (χ1v) is 14.4. The summed E-state index contributed by atoms with van der Waals surface area (Å²) in [6.45, 7) is 14.9. The summed E-state index contributed by atoms with van der Waals surface area (Å²) in [7, 11) is 1.57. The number of aliphatic carboxylic acids is 1. The van der Waals surface area contributed by atoms with Crippen LogP contribution in [0.5, 0.6) is 17.2 Å². The number of unbranched alkanes of at least 4 members (excludes halogenated alkanes) is 2. The molecule has 1 aromatic carbocycles. The van der Waals surface area contributed by atoms with E-state index in [4.69, 9.17) is 14.2 Å². The number of carboxylic acids is 1. The Hall–Kier alpha value is -2.74. The number of carbonyl (C=O) groups is 2. The molecule has 1 N–H and O–H groups in total. The molecule has 2 aliphatic heterocycles. The van der Waals surface area contributed by atoms with Crippen molar-refractivity contribution >= 4 is 11.9 Å². The fourth-order valence-corrected chi connectivity index (χ4v) is 6.16. The molecule has 2 heterocycles. The molecule has 0 bridgehead atoms. The minimum absolute atomic E-state index is 0.0787. The SMILES string of the molecule is CCCCN(CCCC)C(=O)CN1C[C@H](c2cc(OC)c3c(c2)OCO3)[C@H](C(=O)O)[C@H]1CC(C)(C)C=C(C)C. The Labute approximate surface area is 234 Å². The second-order valence-corrected chi connectivity index (χ2v) is 11.9. The Balaban J connectivity index is 1.99. The Morgan fingerprint density at radius 1 is 1.15 bits per heavy atom. The average Bonchev–Trinajstić information content (AvgIpc) is 3.47. The van der Waals surface area contributed by atoms with Gasteiger partial charge in [0.1, 0.15) is 0 Å². The summed E-state index contributed by atoms with van der Waals surface area (Å²) >= 11 is 0. The fourth-order valence-electron chi connectivity index (χ4n) is 6.16. The van der Waals surface area contributed by atoms with Gasteiger partial charge >= 0.3 is 5.97 Å². The van der Waals surface area contributed by atoms with Crippen molar-refractivity contribution in [2.45, 2.75) is 85.6 Å². The van der Waals surface area contributed by atoms with Crippen molar-refractivity contribution in [3.05, 3.63) is 29.3 Å². The Kier molecular flexibility index (Phi) is 10.7. The maximum Gasteiger partial charge on any atom is 0.308 e. The van der Waals surface area contributed by atoms with E-state index in [1.807, 2.05) is 17.0 Å². The zero-order valence-electron chi connectivity index (χ0n) is 24.9. The first kappa shape index (κ1) is 30.8. The Bertz CT molecular complexity index is 1020. The predicted molar refractivity (Wildman–Crippen MR) is 153 cm³/mol. The maximum atomic E-state index is 13.6. The number of likely N-dealkylation sites (tertiary alicyclic amines) is 1. The standard InChI is InChI=1S/C31H48N2O6/c1-8-10-12-32(13-11-9-2)27(34)19-33-18-23(22-14-25(37-7)29-26(15-22)38-20-39-29)28(30(35)36)24(33)17-31(5,6)16-21(3)4/h14-16,23-24,28H,8-13,17-20H2,1-7H3,(H,35,36)/t23-,24-,28+/m1/s1. The third kappa shape index (κ3) is 7.68. The minimum Gasteiger partial charge on any atom is -0.493 e. The van der Waals surface area contributed by atoms with Crippen LogP contribution < -0.4 is 14.2 Å². The topological polar surface area (TPSA) is 88.5 Å². The van der Waals surface area contributed by atoms with Crippen molar-refractivity contribution in [1.82, 2.24) is 9.80 Å². The van der Waals surface area contributed by atoms with Crippen LogP contribution in [0.2, 0.25) is 0 Å². The van der Waals surface area contributed by atoms with E-state index >= 15 is 0 Å². The molecule has 1 amide bonds. The normalized spacial score (nSPS) is 20.6. The van der Waals surface area contributed by atoms with E-state index in [2.05, 4.69) is 52.5 Å². The monoisotopic (exact) mass is 544 g/mol. The highest BCUT2D eigenvalue weighted by atomic mass is 16.7. The van der Waals surface area contributed by atoms with Gasteiger partial charge in [-0.25, -0.2) is 0 Å². The van der Waals surface area contributed by atoms with Gasteiger partial charge in [0.2, 0.25) is 18.4 Å². The number of ether oxygens (including phenoxy) is 3. The molecule has 0 unspecified atom stereocenters. The zero-order valence-corrected chi connectivity index (χ0v) is 24.9. The van der Waals surface area contributed by atoms with Gasteiger partial charge in [-0.05, 0) is 56.2 Å². The number of nitrogens with zero attached hydrogens (tertiary/aromatic N) is 2. The number of hydrogen-bond acceptors (Lipinski definition) is 6. The van der Waals surface area contributed by atoms with E-state index in [9.17, 15) is 14.7 Å². The molecule has 218 valence electrons. The van der Waals surface area contributed by atoms with Crippen LogP contribution in [-0.4, -0.2) is 72.9 Å². The molecule has 3 rings (SSSR count). The third-order valence-electron chi connectivity index (χ3n) is 7.81. The van der Waals surface area contributed by atoms with Crippen molar-refractivity contribution in [3.63, 3.8) is 0 Å². The summed E-state index contributed by atoms with van der Waals surface area (Å²) in [5.74, 6) is -0.145. The molecule has 0 aromatic heterocycles. The summed E-state index contributed by atoms with van der Waals surface area (Å²) in [4.78, 5) is 30.6. The number of hydrogen-bond donors (Lipinski definition) is 1. The Morgan fingerprint density at radius 3 is 2.38 bits per heavy atom. The number of rotatable bonds is 14. The van der Waals surface area contributed by atoms with Crippen molar-refractivity contribution in [1.29, 1.82) is 0 Å². The number of fused-ring (bicyclic) bond motifs is 1. The summed E-state index contributed by atoms with van der Waals surface area (Å²) in [6.07, 6.45) is 6.80. The summed E-state index contributed by atoms with van der Waals surface area (Å²) in [6, 6.07) is 3.44. The number of amides is 1. The van der Waals surface area contributed by atoms with Crippen LogP contribution >= 0.6 is 0 Å². The highest BCUT2D eigenvalue weighted by Crippen LogP contribution is 2.48. The quantitative estimate of drug-likeness (QED) is 0.300. The molecule has 0 spiro atoms. The molecule has 1 aromatic rings. The zero-order chi connectivity index (χ0) is 28.7. The van der Waals surface area contributed by atoms with Crippen molar-refractivity contribution in [2.24, 2.45) is 11.3 Å². The average molecular weight is 545 g/mol. The molecule has 1 fully saturated rings. The van der Waals surface area contributed by atoms with Gasteiger partial charge < -0.3 is 24.2 Å². The highest BCUT2D eigenvalue weighted by Gasteiger charge is 2.49. The largest absolute Gasteiger partial charge is 0.493 e. The van der Waals surface area contributed by atoms with Gasteiger partial charge in [0.15, 0.2) is 11.5 Å². The molecule has 2 aliphatic rings. The van der Waals surface area contributed by atoms with Gasteiger partial charge in [0.05, 0.1) is 19.6 Å². The second-order valence-electron chi connectivity index (χ2n) is 11.9. The predicted octanol–water partition coefficient (Wildman–Crippen LogP) is 5.70. The third-order valence-corrected chi connectivity index (χ3v) is 7.81. The summed E-state index contributed by atoms with van der Waals surface area (Å²) in [5, 5.41) is 10.6. The van der Waals surface area contributed by atoms with Crippen LogP contribution in [0.15, 0.2) is 23.8 Å². The van der Waals surface area contributed by atoms with Gasteiger partial charge in [-0.1, -0.05) is 52.2 Å². The molecule has 0 saturated carbocycles. The first-order chi connectivity index (χ1) is 18.5. The molecule has 0 aliphatic carbocycles. The molecule has 8 heteroatoms. The molecule has 8 nitrogen and oxygen atoms in total. The van der Waals surface area contributed by atoms with Crippen LogP contribution in [0.3, 0.4) is 0 Å². The van der Waals surface area contributed by atoms with E-state index in [1.165, 1.54) is 5.57 Å². The number of allylic oxidation sites excluding steroid dienone is 2. The van der Waals surface area contributed by atoms with E-state index in [-0.39, 0.29) is 36.6 Å².